The van der Waals surface area contributed by atoms with Crippen molar-refractivity contribution >= 4 is 11.2 Å². The third-order valence-electron chi connectivity index (χ3n) is 1.94. The van der Waals surface area contributed by atoms with Gasteiger partial charge in [-0.3, -0.25) is 19.3 Å². The summed E-state index contributed by atoms with van der Waals surface area (Å²) in [5.41, 5.74) is -0.0265. The molecule has 0 aliphatic rings. The second-order valence-electron chi connectivity index (χ2n) is 2.77. The van der Waals surface area contributed by atoms with Crippen LogP contribution >= 0.6 is 0 Å². The summed E-state index contributed by atoms with van der Waals surface area (Å²) in [7, 11) is 0. The van der Waals surface area contributed by atoms with Crippen molar-refractivity contribution in [3.8, 4) is 0 Å². The van der Waals surface area contributed by atoms with Crippen molar-refractivity contribution in [2.24, 2.45) is 0 Å². The number of fused-ring (bicyclic) bond motifs is 1. The molecule has 0 saturated carbocycles. The molecule has 0 saturated heterocycles. The van der Waals surface area contributed by atoms with Crippen molar-refractivity contribution in [1.82, 2.24) is 4.40 Å². The average molecular weight is 190 g/mol. The molecule has 2 aromatic heterocycles. The Morgan fingerprint density at radius 2 is 2.00 bits per heavy atom. The lowest BCUT2D eigenvalue weighted by molar-refractivity contribution is -0.383. The van der Waals surface area contributed by atoms with E-state index in [2.05, 4.69) is 0 Å². The maximum absolute atomic E-state index is 11.3. The molecule has 0 fully saturated rings. The van der Waals surface area contributed by atoms with Crippen LogP contribution in [-0.4, -0.2) is 9.32 Å². The molecule has 0 aliphatic heterocycles. The molecule has 2 aromatic rings. The van der Waals surface area contributed by atoms with Gasteiger partial charge in [0.2, 0.25) is 0 Å². The first kappa shape index (κ1) is 8.43. The van der Waals surface area contributed by atoms with Crippen LogP contribution in [0, 0.1) is 10.1 Å². The Balaban J connectivity index is 2.96. The maximum Gasteiger partial charge on any atom is 0.293 e. The van der Waals surface area contributed by atoms with Crippen LogP contribution in [0.15, 0.2) is 41.3 Å². The number of aromatic nitrogens is 1. The van der Waals surface area contributed by atoms with Crippen LogP contribution in [0.3, 0.4) is 0 Å². The Labute approximate surface area is 78.4 Å². The Kier molecular flexibility index (Phi) is 1.78. The molecule has 2 heterocycles. The highest BCUT2D eigenvalue weighted by molar-refractivity contribution is 5.64. The molecule has 0 atom stereocenters. The molecule has 2 rings (SSSR count). The van der Waals surface area contributed by atoms with Crippen molar-refractivity contribution in [1.29, 1.82) is 0 Å². The Bertz CT molecular complexity index is 559. The van der Waals surface area contributed by atoms with Gasteiger partial charge in [-0.1, -0.05) is 6.07 Å². The third-order valence-corrected chi connectivity index (χ3v) is 1.94. The van der Waals surface area contributed by atoms with Crippen molar-refractivity contribution in [3.05, 3.63) is 57.0 Å². The zero-order valence-corrected chi connectivity index (χ0v) is 7.08. The summed E-state index contributed by atoms with van der Waals surface area (Å²) < 4.78 is 1.25. The second-order valence-corrected chi connectivity index (χ2v) is 2.77. The van der Waals surface area contributed by atoms with Crippen LogP contribution < -0.4 is 5.56 Å². The lowest BCUT2D eigenvalue weighted by Crippen LogP contribution is -2.12. The fourth-order valence-electron chi connectivity index (χ4n) is 1.31. The number of nitro groups is 1. The molecule has 0 N–H and O–H groups in total. The smallest absolute Gasteiger partial charge is 0.278 e. The van der Waals surface area contributed by atoms with E-state index in [1.807, 2.05) is 0 Å². The summed E-state index contributed by atoms with van der Waals surface area (Å²) in [5.74, 6) is 0. The van der Waals surface area contributed by atoms with E-state index >= 15 is 0 Å². The lowest BCUT2D eigenvalue weighted by Gasteiger charge is -1.99. The van der Waals surface area contributed by atoms with E-state index in [-0.39, 0.29) is 11.2 Å². The monoisotopic (exact) mass is 190 g/mol. The maximum atomic E-state index is 11.3. The highest BCUT2D eigenvalue weighted by Gasteiger charge is 2.11. The minimum absolute atomic E-state index is 0.0646. The summed E-state index contributed by atoms with van der Waals surface area (Å²) in [5, 5.41) is 10.6. The quantitative estimate of drug-likeness (QED) is 0.501. The Morgan fingerprint density at radius 1 is 1.21 bits per heavy atom. The predicted octanol–water partition coefficient (Wildman–Crippen LogP) is 1.21. The van der Waals surface area contributed by atoms with E-state index in [1.54, 1.807) is 18.2 Å². The minimum atomic E-state index is -0.505. The average Bonchev–Trinajstić information content (AvgIpc) is 2.18. The van der Waals surface area contributed by atoms with E-state index in [1.165, 1.54) is 22.7 Å². The van der Waals surface area contributed by atoms with Gasteiger partial charge in [0.1, 0.15) is 5.52 Å². The minimum Gasteiger partial charge on any atom is -0.278 e. The summed E-state index contributed by atoms with van der Waals surface area (Å²) in [6, 6.07) is 7.25. The van der Waals surface area contributed by atoms with Crippen molar-refractivity contribution in [3.63, 3.8) is 0 Å². The molecule has 0 amide bonds. The molecule has 0 aliphatic carbocycles. The first-order chi connectivity index (χ1) is 6.70. The molecule has 0 aromatic carbocycles. The highest BCUT2D eigenvalue weighted by atomic mass is 16.6. The molecule has 5 heteroatoms. The molecular weight excluding hydrogens is 184 g/mol. The topological polar surface area (TPSA) is 64.6 Å². The summed E-state index contributed by atoms with van der Waals surface area (Å²) in [4.78, 5) is 21.4. The van der Waals surface area contributed by atoms with Gasteiger partial charge in [-0.05, 0) is 12.1 Å². The fraction of sp³-hybridized carbons (Fsp3) is 0. The van der Waals surface area contributed by atoms with Crippen molar-refractivity contribution < 1.29 is 4.92 Å². The molecular formula is C9H6N2O3. The van der Waals surface area contributed by atoms with E-state index in [0.29, 0.717) is 5.52 Å². The fourth-order valence-corrected chi connectivity index (χ4v) is 1.31. The van der Waals surface area contributed by atoms with E-state index in [9.17, 15) is 14.9 Å². The molecule has 14 heavy (non-hydrogen) atoms. The largest absolute Gasteiger partial charge is 0.293 e. The molecule has 0 radical (unpaired) electrons. The predicted molar refractivity (Wildman–Crippen MR) is 50.3 cm³/mol. The van der Waals surface area contributed by atoms with Gasteiger partial charge in [-0.15, -0.1) is 0 Å². The van der Waals surface area contributed by atoms with Gasteiger partial charge in [-0.25, -0.2) is 0 Å². The summed E-state index contributed by atoms with van der Waals surface area (Å²) in [6.07, 6.45) is 1.50. The SMILES string of the molecule is O=c1ccc([N+](=O)[O-])c2ccccn12. The second kappa shape index (κ2) is 2.95. The third kappa shape index (κ3) is 1.15. The number of pyridine rings is 2. The van der Waals surface area contributed by atoms with Crippen LogP contribution in [0.4, 0.5) is 5.69 Å². The first-order valence-corrected chi connectivity index (χ1v) is 3.95. The van der Waals surface area contributed by atoms with Gasteiger partial charge in [0.25, 0.3) is 11.2 Å². The lowest BCUT2D eigenvalue weighted by atomic mass is 10.3. The van der Waals surface area contributed by atoms with Gasteiger partial charge in [0.15, 0.2) is 0 Å². The van der Waals surface area contributed by atoms with Gasteiger partial charge < -0.3 is 0 Å². The number of nitrogens with zero attached hydrogens (tertiary/aromatic N) is 2. The van der Waals surface area contributed by atoms with E-state index < -0.39 is 4.92 Å². The standard InChI is InChI=1S/C9H6N2O3/c12-9-5-4-8(11(13)14)7-3-1-2-6-10(7)9/h1-6H. The number of hydrogen-bond acceptors (Lipinski definition) is 3. The molecule has 5 nitrogen and oxygen atoms in total. The van der Waals surface area contributed by atoms with Crippen molar-refractivity contribution in [2.75, 3.05) is 0 Å². The van der Waals surface area contributed by atoms with Crippen LogP contribution in [-0.2, 0) is 0 Å². The van der Waals surface area contributed by atoms with Gasteiger partial charge in [0.05, 0.1) is 4.92 Å². The summed E-state index contributed by atoms with van der Waals surface area (Å²) >= 11 is 0. The number of hydrogen-bond donors (Lipinski definition) is 0. The van der Waals surface area contributed by atoms with Gasteiger partial charge in [0, 0.05) is 18.3 Å². The summed E-state index contributed by atoms with van der Waals surface area (Å²) in [6.45, 7) is 0. The van der Waals surface area contributed by atoms with Crippen LogP contribution in [0.2, 0.25) is 0 Å². The Hall–Kier alpha value is -2.17. The highest BCUT2D eigenvalue weighted by Crippen LogP contribution is 2.16. The number of rotatable bonds is 1. The van der Waals surface area contributed by atoms with Crippen LogP contribution in [0.5, 0.6) is 0 Å². The molecule has 70 valence electrons. The molecule has 0 bridgehead atoms. The zero-order valence-electron chi connectivity index (χ0n) is 7.08. The first-order valence-electron chi connectivity index (χ1n) is 3.95. The van der Waals surface area contributed by atoms with Crippen LogP contribution in [0.25, 0.3) is 5.52 Å². The normalized spacial score (nSPS) is 10.3. The Morgan fingerprint density at radius 3 is 2.71 bits per heavy atom. The molecule has 0 unspecified atom stereocenters. The molecule has 0 spiro atoms. The van der Waals surface area contributed by atoms with Gasteiger partial charge >= 0.3 is 0 Å². The van der Waals surface area contributed by atoms with Crippen LogP contribution in [0.1, 0.15) is 0 Å². The van der Waals surface area contributed by atoms with E-state index in [0.717, 1.165) is 0 Å². The van der Waals surface area contributed by atoms with Crippen molar-refractivity contribution in [2.45, 2.75) is 0 Å². The zero-order chi connectivity index (χ0) is 10.1. The van der Waals surface area contributed by atoms with E-state index in [4.69, 9.17) is 0 Å². The van der Waals surface area contributed by atoms with Gasteiger partial charge in [-0.2, -0.15) is 0 Å².